The molecule has 2 aromatic carbocycles. The minimum absolute atomic E-state index is 0.116. The fourth-order valence-electron chi connectivity index (χ4n) is 1.61. The molecule has 0 bridgehead atoms. The van der Waals surface area contributed by atoms with E-state index in [1.165, 1.54) is 24.3 Å². The number of anilines is 1. The summed E-state index contributed by atoms with van der Waals surface area (Å²) in [6.07, 6.45) is 0. The molecular formula is C14H10F2INO. The third-order valence-electron chi connectivity index (χ3n) is 2.62. The second-order valence-corrected chi connectivity index (χ2v) is 5.18. The van der Waals surface area contributed by atoms with Gasteiger partial charge in [0.2, 0.25) is 0 Å². The average molecular weight is 373 g/mol. The zero-order valence-corrected chi connectivity index (χ0v) is 12.2. The number of halogens is 3. The van der Waals surface area contributed by atoms with Gasteiger partial charge in [0.25, 0.3) is 5.91 Å². The SMILES string of the molecule is Cc1cccc(NC(=O)c2ccc(F)cc2I)c1F. The normalized spacial score (nSPS) is 10.3. The highest BCUT2D eigenvalue weighted by atomic mass is 127. The minimum atomic E-state index is -0.465. The molecular weight excluding hydrogens is 363 g/mol. The molecule has 1 N–H and O–H groups in total. The van der Waals surface area contributed by atoms with E-state index in [2.05, 4.69) is 5.32 Å². The van der Waals surface area contributed by atoms with Crippen LogP contribution < -0.4 is 5.32 Å². The molecule has 0 aliphatic rings. The first-order valence-electron chi connectivity index (χ1n) is 5.50. The van der Waals surface area contributed by atoms with Gasteiger partial charge in [0.05, 0.1) is 11.3 Å². The van der Waals surface area contributed by atoms with E-state index in [-0.39, 0.29) is 5.69 Å². The first-order valence-corrected chi connectivity index (χ1v) is 6.58. The second-order valence-electron chi connectivity index (χ2n) is 4.01. The Labute approximate surface area is 123 Å². The Bertz CT molecular complexity index is 643. The predicted octanol–water partition coefficient (Wildman–Crippen LogP) is 4.13. The van der Waals surface area contributed by atoms with Crippen molar-refractivity contribution in [1.82, 2.24) is 0 Å². The van der Waals surface area contributed by atoms with Crippen molar-refractivity contribution in [3.05, 3.63) is 62.7 Å². The monoisotopic (exact) mass is 373 g/mol. The smallest absolute Gasteiger partial charge is 0.256 e. The van der Waals surface area contributed by atoms with Crippen LogP contribution >= 0.6 is 22.6 Å². The van der Waals surface area contributed by atoms with Crippen LogP contribution in [0.4, 0.5) is 14.5 Å². The van der Waals surface area contributed by atoms with Gasteiger partial charge in [0.1, 0.15) is 11.6 Å². The zero-order chi connectivity index (χ0) is 14.0. The standard InChI is InChI=1S/C14H10F2INO/c1-8-3-2-4-12(13(8)16)18-14(19)10-6-5-9(15)7-11(10)17/h2-7H,1H3,(H,18,19). The van der Waals surface area contributed by atoms with Crippen molar-refractivity contribution < 1.29 is 13.6 Å². The lowest BCUT2D eigenvalue weighted by Crippen LogP contribution is -2.14. The van der Waals surface area contributed by atoms with Gasteiger partial charge in [-0.3, -0.25) is 4.79 Å². The van der Waals surface area contributed by atoms with Crippen molar-refractivity contribution in [1.29, 1.82) is 0 Å². The number of benzene rings is 2. The van der Waals surface area contributed by atoms with E-state index in [1.807, 2.05) is 22.6 Å². The topological polar surface area (TPSA) is 29.1 Å². The van der Waals surface area contributed by atoms with Crippen LogP contribution in [0.1, 0.15) is 15.9 Å². The number of hydrogen-bond acceptors (Lipinski definition) is 1. The highest BCUT2D eigenvalue weighted by Crippen LogP contribution is 2.20. The molecule has 2 aromatic rings. The van der Waals surface area contributed by atoms with Crippen molar-refractivity contribution in [2.75, 3.05) is 5.32 Å². The molecule has 19 heavy (non-hydrogen) atoms. The molecule has 0 radical (unpaired) electrons. The Balaban J connectivity index is 2.28. The van der Waals surface area contributed by atoms with Crippen LogP contribution in [0.15, 0.2) is 36.4 Å². The highest BCUT2D eigenvalue weighted by Gasteiger charge is 2.13. The van der Waals surface area contributed by atoms with Gasteiger partial charge < -0.3 is 5.32 Å². The molecule has 0 saturated carbocycles. The van der Waals surface area contributed by atoms with E-state index in [0.29, 0.717) is 14.7 Å². The molecule has 0 aromatic heterocycles. The fraction of sp³-hybridized carbons (Fsp3) is 0.0714. The quantitative estimate of drug-likeness (QED) is 0.789. The Morgan fingerprint density at radius 2 is 1.95 bits per heavy atom. The van der Waals surface area contributed by atoms with Crippen LogP contribution in [-0.2, 0) is 0 Å². The average Bonchev–Trinajstić information content (AvgIpc) is 2.34. The summed E-state index contributed by atoms with van der Waals surface area (Å²) in [5.41, 5.74) is 0.875. The number of carbonyl (C=O) groups excluding carboxylic acids is 1. The molecule has 98 valence electrons. The lowest BCUT2D eigenvalue weighted by atomic mass is 10.1. The molecule has 5 heteroatoms. The lowest BCUT2D eigenvalue weighted by molar-refractivity contribution is 0.102. The van der Waals surface area contributed by atoms with Gasteiger partial charge in [0.15, 0.2) is 0 Å². The fourth-order valence-corrected chi connectivity index (χ4v) is 2.33. The van der Waals surface area contributed by atoms with Gasteiger partial charge in [-0.25, -0.2) is 8.78 Å². The van der Waals surface area contributed by atoms with Gasteiger partial charge >= 0.3 is 0 Å². The van der Waals surface area contributed by atoms with Crippen LogP contribution in [0.3, 0.4) is 0 Å². The van der Waals surface area contributed by atoms with E-state index < -0.39 is 17.5 Å². The maximum absolute atomic E-state index is 13.8. The van der Waals surface area contributed by atoms with Crippen molar-refractivity contribution in [3.8, 4) is 0 Å². The molecule has 0 saturated heterocycles. The van der Waals surface area contributed by atoms with Crippen LogP contribution in [-0.4, -0.2) is 5.91 Å². The summed E-state index contributed by atoms with van der Waals surface area (Å²) >= 11 is 1.86. The number of amides is 1. The molecule has 0 spiro atoms. The number of rotatable bonds is 2. The Morgan fingerprint density at radius 1 is 1.21 bits per heavy atom. The Kier molecular flexibility index (Phi) is 4.14. The van der Waals surface area contributed by atoms with E-state index in [0.717, 1.165) is 0 Å². The Morgan fingerprint density at radius 3 is 2.63 bits per heavy atom. The third kappa shape index (κ3) is 3.09. The molecule has 0 aliphatic carbocycles. The van der Waals surface area contributed by atoms with Crippen molar-refractivity contribution in [3.63, 3.8) is 0 Å². The molecule has 2 rings (SSSR count). The minimum Gasteiger partial charge on any atom is -0.319 e. The summed E-state index contributed by atoms with van der Waals surface area (Å²) in [6, 6.07) is 8.58. The van der Waals surface area contributed by atoms with E-state index in [9.17, 15) is 13.6 Å². The van der Waals surface area contributed by atoms with E-state index in [4.69, 9.17) is 0 Å². The van der Waals surface area contributed by atoms with Crippen LogP contribution in [0, 0.1) is 22.1 Å². The van der Waals surface area contributed by atoms with Gasteiger partial charge in [0, 0.05) is 3.57 Å². The number of hydrogen-bond donors (Lipinski definition) is 1. The molecule has 1 amide bonds. The number of carbonyl (C=O) groups is 1. The van der Waals surface area contributed by atoms with Gasteiger partial charge in [-0.1, -0.05) is 12.1 Å². The van der Waals surface area contributed by atoms with Crippen molar-refractivity contribution in [2.24, 2.45) is 0 Å². The van der Waals surface area contributed by atoms with Gasteiger partial charge in [-0.2, -0.15) is 0 Å². The summed E-state index contributed by atoms with van der Waals surface area (Å²) < 4.78 is 27.2. The molecule has 0 aliphatic heterocycles. The summed E-state index contributed by atoms with van der Waals surface area (Å²) in [6.45, 7) is 1.62. The summed E-state index contributed by atoms with van der Waals surface area (Å²) in [7, 11) is 0. The number of nitrogens with one attached hydrogen (secondary N) is 1. The van der Waals surface area contributed by atoms with E-state index >= 15 is 0 Å². The first kappa shape index (κ1) is 13.9. The highest BCUT2D eigenvalue weighted by molar-refractivity contribution is 14.1. The van der Waals surface area contributed by atoms with Crippen molar-refractivity contribution >= 4 is 34.2 Å². The van der Waals surface area contributed by atoms with E-state index in [1.54, 1.807) is 19.1 Å². The largest absolute Gasteiger partial charge is 0.319 e. The molecule has 0 heterocycles. The summed E-state index contributed by atoms with van der Waals surface area (Å²) in [5.74, 6) is -1.34. The summed E-state index contributed by atoms with van der Waals surface area (Å²) in [4.78, 5) is 12.0. The van der Waals surface area contributed by atoms with Crippen LogP contribution in [0.5, 0.6) is 0 Å². The van der Waals surface area contributed by atoms with Crippen LogP contribution in [0.2, 0.25) is 0 Å². The zero-order valence-electron chi connectivity index (χ0n) is 10.0. The van der Waals surface area contributed by atoms with Crippen molar-refractivity contribution in [2.45, 2.75) is 6.92 Å². The molecule has 2 nitrogen and oxygen atoms in total. The number of aryl methyl sites for hydroxylation is 1. The lowest BCUT2D eigenvalue weighted by Gasteiger charge is -2.09. The molecule has 0 unspecified atom stereocenters. The summed E-state index contributed by atoms with van der Waals surface area (Å²) in [5, 5.41) is 2.49. The maximum atomic E-state index is 13.8. The molecule has 0 fully saturated rings. The Hall–Kier alpha value is -1.50. The second kappa shape index (κ2) is 5.64. The first-order chi connectivity index (χ1) is 8.99. The van der Waals surface area contributed by atoms with Crippen LogP contribution in [0.25, 0.3) is 0 Å². The third-order valence-corrected chi connectivity index (χ3v) is 3.51. The van der Waals surface area contributed by atoms with Gasteiger partial charge in [-0.05, 0) is 59.3 Å². The molecule has 0 atom stereocenters. The maximum Gasteiger partial charge on any atom is 0.256 e. The predicted molar refractivity (Wildman–Crippen MR) is 78.2 cm³/mol. The van der Waals surface area contributed by atoms with Gasteiger partial charge in [-0.15, -0.1) is 0 Å².